The number of fused-ring (bicyclic) bond motifs is 1. The van der Waals surface area contributed by atoms with E-state index in [-0.39, 0.29) is 16.4 Å². The number of aromatic carboxylic acids is 1. The molecule has 4 heterocycles. The monoisotopic (exact) mass is 460 g/mol. The van der Waals surface area contributed by atoms with Gasteiger partial charge in [-0.15, -0.1) is 11.3 Å². The molecule has 6 rings (SSSR count). The van der Waals surface area contributed by atoms with Gasteiger partial charge in [0.15, 0.2) is 5.82 Å². The number of carboxylic acid groups (broad SMARTS) is 1. The molecule has 2 amide bonds. The third-order valence-corrected chi connectivity index (χ3v) is 6.43. The lowest BCUT2D eigenvalue weighted by atomic mass is 10.1. The Morgan fingerprint density at radius 1 is 1.18 bits per heavy atom. The van der Waals surface area contributed by atoms with E-state index >= 15 is 0 Å². The fourth-order valence-electron chi connectivity index (χ4n) is 3.97. The molecule has 0 spiro atoms. The first-order chi connectivity index (χ1) is 16.0. The molecule has 0 saturated carbocycles. The minimum absolute atomic E-state index is 0.00533. The molecule has 0 aliphatic carbocycles. The Kier molecular flexibility index (Phi) is 4.14. The number of aromatic nitrogens is 4. The Morgan fingerprint density at radius 3 is 2.88 bits per heavy atom. The quantitative estimate of drug-likeness (QED) is 0.358. The zero-order valence-electron chi connectivity index (χ0n) is 16.7. The Bertz CT molecular complexity index is 1610. The number of nitrogens with one attached hydrogen (secondary N) is 2. The van der Waals surface area contributed by atoms with Crippen LogP contribution in [0.2, 0.25) is 0 Å². The van der Waals surface area contributed by atoms with E-state index < -0.39 is 12.0 Å². The number of benzene rings is 2. The highest BCUT2D eigenvalue weighted by Crippen LogP contribution is 2.44. The fourth-order valence-corrected chi connectivity index (χ4v) is 4.90. The van der Waals surface area contributed by atoms with E-state index in [4.69, 9.17) is 0 Å². The number of H-pyrrole nitrogens is 1. The number of rotatable bonds is 4. The van der Waals surface area contributed by atoms with Crippen LogP contribution in [-0.2, 0) is 6.42 Å². The van der Waals surface area contributed by atoms with Crippen LogP contribution in [0.25, 0.3) is 21.3 Å². The number of carbonyl (C=O) groups is 2. The van der Waals surface area contributed by atoms with Crippen LogP contribution >= 0.6 is 11.3 Å². The van der Waals surface area contributed by atoms with Crippen molar-refractivity contribution in [1.29, 1.82) is 0 Å². The molecule has 0 saturated heterocycles. The molecule has 0 bridgehead atoms. The molecule has 2 aromatic carbocycles. The van der Waals surface area contributed by atoms with Crippen molar-refractivity contribution in [3.63, 3.8) is 0 Å². The minimum Gasteiger partial charge on any atom is -0.477 e. The third-order valence-electron chi connectivity index (χ3n) is 5.34. The van der Waals surface area contributed by atoms with Gasteiger partial charge < -0.3 is 15.4 Å². The number of amides is 2. The maximum absolute atomic E-state index is 13.5. The standard InChI is InChI=1S/C22H13FN6O3S/c23-11-3-1-2-10(6-11)7-15-26-13-5-4-12(8-14(13)27-15)29-19-16-17(28-22(29)32)18(21(30)31)33-20(16)25-9-24-19/h1-6,8-9H,7H2,(H,26,27)(H,28,32)(H,30,31). The van der Waals surface area contributed by atoms with Gasteiger partial charge in [-0.1, -0.05) is 12.1 Å². The molecule has 3 aromatic heterocycles. The van der Waals surface area contributed by atoms with Gasteiger partial charge in [0.05, 0.1) is 27.8 Å². The van der Waals surface area contributed by atoms with Gasteiger partial charge in [-0.05, 0) is 35.9 Å². The van der Waals surface area contributed by atoms with E-state index in [1.165, 1.54) is 23.4 Å². The summed E-state index contributed by atoms with van der Waals surface area (Å²) in [7, 11) is 0. The number of thiophene rings is 1. The fraction of sp³-hybridized carbons (Fsp3) is 0.0455. The number of hydrogen-bond acceptors (Lipinski definition) is 6. The summed E-state index contributed by atoms with van der Waals surface area (Å²) in [4.78, 5) is 42.7. The number of halogens is 1. The van der Waals surface area contributed by atoms with Gasteiger partial charge in [0, 0.05) is 6.42 Å². The van der Waals surface area contributed by atoms with Crippen molar-refractivity contribution in [2.24, 2.45) is 0 Å². The van der Waals surface area contributed by atoms with Crippen molar-refractivity contribution in [1.82, 2.24) is 19.9 Å². The maximum atomic E-state index is 13.5. The molecule has 162 valence electrons. The number of aromatic amines is 1. The van der Waals surface area contributed by atoms with E-state index in [0.717, 1.165) is 16.9 Å². The van der Waals surface area contributed by atoms with E-state index in [0.29, 0.717) is 45.0 Å². The Balaban J connectivity index is 1.42. The highest BCUT2D eigenvalue weighted by molar-refractivity contribution is 7.21. The number of anilines is 3. The summed E-state index contributed by atoms with van der Waals surface area (Å²) >= 11 is 0.983. The second-order valence-corrected chi connectivity index (χ2v) is 8.45. The summed E-state index contributed by atoms with van der Waals surface area (Å²) in [6.07, 6.45) is 1.73. The Labute approximate surface area is 188 Å². The molecule has 5 aromatic rings. The highest BCUT2D eigenvalue weighted by Gasteiger charge is 2.33. The molecule has 0 radical (unpaired) electrons. The zero-order valence-corrected chi connectivity index (χ0v) is 17.5. The summed E-state index contributed by atoms with van der Waals surface area (Å²) < 4.78 is 13.5. The van der Waals surface area contributed by atoms with Gasteiger partial charge in [0.1, 0.15) is 27.7 Å². The lowest BCUT2D eigenvalue weighted by Crippen LogP contribution is -2.34. The van der Waals surface area contributed by atoms with Crippen LogP contribution < -0.4 is 10.2 Å². The Hall–Kier alpha value is -4.38. The highest BCUT2D eigenvalue weighted by atomic mass is 32.1. The third kappa shape index (κ3) is 3.09. The van der Waals surface area contributed by atoms with Gasteiger partial charge in [-0.3, -0.25) is 0 Å². The summed E-state index contributed by atoms with van der Waals surface area (Å²) in [6.45, 7) is 0. The average Bonchev–Trinajstić information content (AvgIpc) is 3.35. The smallest absolute Gasteiger partial charge is 0.348 e. The minimum atomic E-state index is -1.14. The molecule has 0 fully saturated rings. The van der Waals surface area contributed by atoms with Gasteiger partial charge in [0.25, 0.3) is 0 Å². The first-order valence-electron chi connectivity index (χ1n) is 9.83. The van der Waals surface area contributed by atoms with Crippen molar-refractivity contribution in [2.45, 2.75) is 6.42 Å². The number of carbonyl (C=O) groups excluding carboxylic acids is 1. The molecule has 1 aliphatic rings. The van der Waals surface area contributed by atoms with E-state index in [9.17, 15) is 19.1 Å². The second kappa shape index (κ2) is 7.07. The van der Waals surface area contributed by atoms with Gasteiger partial charge in [0.2, 0.25) is 0 Å². The van der Waals surface area contributed by atoms with E-state index in [1.54, 1.807) is 24.3 Å². The lowest BCUT2D eigenvalue weighted by Gasteiger charge is -2.26. The van der Waals surface area contributed by atoms with Crippen LogP contribution in [0.1, 0.15) is 21.1 Å². The largest absolute Gasteiger partial charge is 0.477 e. The van der Waals surface area contributed by atoms with Gasteiger partial charge in [-0.2, -0.15) is 0 Å². The van der Waals surface area contributed by atoms with Crippen molar-refractivity contribution in [3.05, 3.63) is 70.9 Å². The van der Waals surface area contributed by atoms with Crippen molar-refractivity contribution < 1.29 is 19.1 Å². The first-order valence-corrected chi connectivity index (χ1v) is 10.6. The maximum Gasteiger partial charge on any atom is 0.348 e. The van der Waals surface area contributed by atoms with Crippen LogP contribution in [0, 0.1) is 5.82 Å². The van der Waals surface area contributed by atoms with Crippen molar-refractivity contribution >= 4 is 61.8 Å². The van der Waals surface area contributed by atoms with Crippen LogP contribution in [-0.4, -0.2) is 37.0 Å². The van der Waals surface area contributed by atoms with Crippen molar-refractivity contribution in [2.75, 3.05) is 10.2 Å². The average molecular weight is 460 g/mol. The molecular weight excluding hydrogens is 447 g/mol. The number of carboxylic acids is 1. The SMILES string of the molecule is O=C(O)c1sc2ncnc3c2c1NC(=O)N3c1ccc2nc(Cc3cccc(F)c3)[nH]c2c1. The summed E-state index contributed by atoms with van der Waals surface area (Å²) in [6, 6.07) is 11.1. The molecule has 0 unspecified atom stereocenters. The summed E-state index contributed by atoms with van der Waals surface area (Å²) in [5.74, 6) is -0.484. The molecule has 1 aliphatic heterocycles. The van der Waals surface area contributed by atoms with Crippen LogP contribution in [0.5, 0.6) is 0 Å². The molecule has 11 heteroatoms. The zero-order chi connectivity index (χ0) is 22.7. The topological polar surface area (TPSA) is 124 Å². The molecule has 9 nitrogen and oxygen atoms in total. The number of urea groups is 1. The van der Waals surface area contributed by atoms with Crippen LogP contribution in [0.15, 0.2) is 48.8 Å². The Morgan fingerprint density at radius 2 is 2.06 bits per heavy atom. The van der Waals surface area contributed by atoms with E-state index in [1.807, 2.05) is 6.07 Å². The van der Waals surface area contributed by atoms with Gasteiger partial charge >= 0.3 is 12.0 Å². The van der Waals surface area contributed by atoms with Crippen molar-refractivity contribution in [3.8, 4) is 0 Å². The number of nitrogens with zero attached hydrogens (tertiary/aromatic N) is 4. The molecule has 33 heavy (non-hydrogen) atoms. The van der Waals surface area contributed by atoms with Crippen LogP contribution in [0.4, 0.5) is 26.4 Å². The predicted octanol–water partition coefficient (Wildman–Crippen LogP) is 4.68. The van der Waals surface area contributed by atoms with Gasteiger partial charge in [-0.25, -0.2) is 33.8 Å². The summed E-state index contributed by atoms with van der Waals surface area (Å²) in [5.41, 5.74) is 2.90. The second-order valence-electron chi connectivity index (χ2n) is 7.45. The molecular formula is C22H13FN6O3S. The normalized spacial score (nSPS) is 13.0. The predicted molar refractivity (Wildman–Crippen MR) is 121 cm³/mol. The summed E-state index contributed by atoms with van der Waals surface area (Å²) in [5, 5.41) is 12.6. The number of imidazole rings is 1. The van der Waals surface area contributed by atoms with Crippen LogP contribution in [0.3, 0.4) is 0 Å². The lowest BCUT2D eigenvalue weighted by molar-refractivity contribution is 0.0703. The number of hydrogen-bond donors (Lipinski definition) is 3. The first kappa shape index (κ1) is 19.3. The molecule has 3 N–H and O–H groups in total. The van der Waals surface area contributed by atoms with E-state index in [2.05, 4.69) is 25.3 Å². The molecule has 0 atom stereocenters.